The van der Waals surface area contributed by atoms with Crippen LogP contribution in [0.25, 0.3) is 0 Å². The summed E-state index contributed by atoms with van der Waals surface area (Å²) in [4.78, 5) is 0. The summed E-state index contributed by atoms with van der Waals surface area (Å²) in [5, 5.41) is 0. The van der Waals surface area contributed by atoms with Crippen LogP contribution in [-0.4, -0.2) is 6.54 Å². The first-order chi connectivity index (χ1) is 9.11. The molecule has 1 atom stereocenters. The van der Waals surface area contributed by atoms with Gasteiger partial charge in [-0.25, -0.2) is 4.39 Å². The Morgan fingerprint density at radius 3 is 2.16 bits per heavy atom. The lowest BCUT2D eigenvalue weighted by Gasteiger charge is -2.18. The summed E-state index contributed by atoms with van der Waals surface area (Å²) in [5.41, 5.74) is 10.7. The van der Waals surface area contributed by atoms with E-state index in [1.807, 2.05) is 12.1 Å². The molecule has 0 spiro atoms. The van der Waals surface area contributed by atoms with Crippen molar-refractivity contribution in [3.63, 3.8) is 0 Å². The van der Waals surface area contributed by atoms with Gasteiger partial charge in [0.25, 0.3) is 0 Å². The predicted octanol–water partition coefficient (Wildman–Crippen LogP) is 3.92. The third-order valence-electron chi connectivity index (χ3n) is 3.66. The number of nitrogens with two attached hydrogens (primary N) is 1. The number of hydrogen-bond donors (Lipinski definition) is 1. The zero-order valence-corrected chi connectivity index (χ0v) is 11.5. The van der Waals surface area contributed by atoms with Gasteiger partial charge in [-0.05, 0) is 61.2 Å². The first-order valence-electron chi connectivity index (χ1n) is 6.64. The van der Waals surface area contributed by atoms with E-state index < -0.39 is 0 Å². The Balaban J connectivity index is 2.38. The van der Waals surface area contributed by atoms with Crippen molar-refractivity contribution in [3.05, 3.63) is 70.5 Å². The summed E-state index contributed by atoms with van der Waals surface area (Å²) in [6, 6.07) is 13.2. The fraction of sp³-hybridized carbons (Fsp3) is 0.294. The first-order valence-corrected chi connectivity index (χ1v) is 6.64. The van der Waals surface area contributed by atoms with Gasteiger partial charge in [-0.3, -0.25) is 0 Å². The van der Waals surface area contributed by atoms with Gasteiger partial charge < -0.3 is 5.73 Å². The van der Waals surface area contributed by atoms with E-state index in [-0.39, 0.29) is 11.7 Å². The van der Waals surface area contributed by atoms with Crippen molar-refractivity contribution in [3.8, 4) is 0 Å². The number of benzene rings is 2. The summed E-state index contributed by atoms with van der Waals surface area (Å²) >= 11 is 0. The Hall–Kier alpha value is -1.67. The molecule has 0 amide bonds. The topological polar surface area (TPSA) is 26.0 Å². The van der Waals surface area contributed by atoms with Crippen LogP contribution in [0, 0.1) is 19.7 Å². The molecule has 100 valence electrons. The molecule has 1 unspecified atom stereocenters. The second-order valence-corrected chi connectivity index (χ2v) is 5.03. The predicted molar refractivity (Wildman–Crippen MR) is 77.8 cm³/mol. The SMILES string of the molecule is Cc1ccc(C(CCN)c2ccc(F)cc2)cc1C. The summed E-state index contributed by atoms with van der Waals surface area (Å²) in [7, 11) is 0. The first kappa shape index (κ1) is 13.8. The maximum absolute atomic E-state index is 13.0. The quantitative estimate of drug-likeness (QED) is 0.882. The van der Waals surface area contributed by atoms with Crippen molar-refractivity contribution >= 4 is 0 Å². The van der Waals surface area contributed by atoms with E-state index in [1.54, 1.807) is 0 Å². The van der Waals surface area contributed by atoms with Crippen LogP contribution >= 0.6 is 0 Å². The highest BCUT2D eigenvalue weighted by atomic mass is 19.1. The fourth-order valence-electron chi connectivity index (χ4n) is 2.37. The lowest BCUT2D eigenvalue weighted by Crippen LogP contribution is -2.09. The fourth-order valence-corrected chi connectivity index (χ4v) is 2.37. The van der Waals surface area contributed by atoms with Crippen molar-refractivity contribution in [1.82, 2.24) is 0 Å². The normalized spacial score (nSPS) is 12.4. The largest absolute Gasteiger partial charge is 0.330 e. The molecule has 2 aromatic rings. The van der Waals surface area contributed by atoms with E-state index in [4.69, 9.17) is 5.73 Å². The van der Waals surface area contributed by atoms with E-state index in [9.17, 15) is 4.39 Å². The third-order valence-corrected chi connectivity index (χ3v) is 3.66. The van der Waals surface area contributed by atoms with E-state index in [0.29, 0.717) is 6.54 Å². The van der Waals surface area contributed by atoms with Crippen LogP contribution in [0.1, 0.15) is 34.6 Å². The molecule has 0 aromatic heterocycles. The molecule has 0 aliphatic carbocycles. The second kappa shape index (κ2) is 5.98. The minimum atomic E-state index is -0.199. The minimum absolute atomic E-state index is 0.199. The maximum Gasteiger partial charge on any atom is 0.123 e. The van der Waals surface area contributed by atoms with Crippen LogP contribution in [0.4, 0.5) is 4.39 Å². The van der Waals surface area contributed by atoms with Gasteiger partial charge in [-0.15, -0.1) is 0 Å². The van der Waals surface area contributed by atoms with Crippen molar-refractivity contribution in [1.29, 1.82) is 0 Å². The van der Waals surface area contributed by atoms with E-state index >= 15 is 0 Å². The highest BCUT2D eigenvalue weighted by molar-refractivity contribution is 5.37. The summed E-state index contributed by atoms with van der Waals surface area (Å²) in [6.07, 6.45) is 0.869. The summed E-state index contributed by atoms with van der Waals surface area (Å²) in [5.74, 6) is 0.0419. The van der Waals surface area contributed by atoms with Crippen LogP contribution in [-0.2, 0) is 0 Å². The zero-order chi connectivity index (χ0) is 13.8. The van der Waals surface area contributed by atoms with Crippen LogP contribution in [0.5, 0.6) is 0 Å². The van der Waals surface area contributed by atoms with Crippen LogP contribution in [0.3, 0.4) is 0 Å². The van der Waals surface area contributed by atoms with Crippen molar-refractivity contribution in [2.24, 2.45) is 5.73 Å². The van der Waals surface area contributed by atoms with Gasteiger partial charge in [-0.1, -0.05) is 30.3 Å². The molecule has 19 heavy (non-hydrogen) atoms. The summed E-state index contributed by atoms with van der Waals surface area (Å²) in [6.45, 7) is 4.84. The van der Waals surface area contributed by atoms with E-state index in [2.05, 4.69) is 32.0 Å². The average molecular weight is 257 g/mol. The zero-order valence-electron chi connectivity index (χ0n) is 11.5. The molecule has 0 bridgehead atoms. The molecule has 0 radical (unpaired) electrons. The number of rotatable bonds is 4. The Labute approximate surface area is 114 Å². The van der Waals surface area contributed by atoms with Gasteiger partial charge in [0.15, 0.2) is 0 Å². The van der Waals surface area contributed by atoms with Gasteiger partial charge in [0.05, 0.1) is 0 Å². The lowest BCUT2D eigenvalue weighted by molar-refractivity contribution is 0.625. The number of halogens is 1. The van der Waals surface area contributed by atoms with Crippen LogP contribution in [0.15, 0.2) is 42.5 Å². The van der Waals surface area contributed by atoms with Crippen LogP contribution < -0.4 is 5.73 Å². The van der Waals surface area contributed by atoms with E-state index in [0.717, 1.165) is 12.0 Å². The van der Waals surface area contributed by atoms with Crippen molar-refractivity contribution in [2.75, 3.05) is 6.54 Å². The molecule has 0 aliphatic heterocycles. The van der Waals surface area contributed by atoms with Crippen molar-refractivity contribution in [2.45, 2.75) is 26.2 Å². The van der Waals surface area contributed by atoms with Crippen LogP contribution in [0.2, 0.25) is 0 Å². The second-order valence-electron chi connectivity index (χ2n) is 5.03. The third kappa shape index (κ3) is 3.21. The highest BCUT2D eigenvalue weighted by Gasteiger charge is 2.14. The Morgan fingerprint density at radius 2 is 1.58 bits per heavy atom. The lowest BCUT2D eigenvalue weighted by atomic mass is 9.87. The van der Waals surface area contributed by atoms with Gasteiger partial charge in [0.1, 0.15) is 5.82 Å². The molecule has 0 fully saturated rings. The molecule has 0 saturated heterocycles. The molecule has 0 aliphatic rings. The standard InChI is InChI=1S/C17H20FN/c1-12-3-4-15(11-13(12)2)17(9-10-19)14-5-7-16(18)8-6-14/h3-8,11,17H,9-10,19H2,1-2H3. The molecular formula is C17H20FN. The molecular weight excluding hydrogens is 237 g/mol. The molecule has 2 N–H and O–H groups in total. The van der Waals surface area contributed by atoms with Gasteiger partial charge in [0, 0.05) is 5.92 Å². The average Bonchev–Trinajstić information content (AvgIpc) is 2.41. The number of aryl methyl sites for hydroxylation is 2. The maximum atomic E-state index is 13.0. The Morgan fingerprint density at radius 1 is 0.947 bits per heavy atom. The van der Waals surface area contributed by atoms with Gasteiger partial charge in [0.2, 0.25) is 0 Å². The molecule has 2 aromatic carbocycles. The van der Waals surface area contributed by atoms with Gasteiger partial charge >= 0.3 is 0 Å². The highest BCUT2D eigenvalue weighted by Crippen LogP contribution is 2.29. The van der Waals surface area contributed by atoms with Gasteiger partial charge in [-0.2, -0.15) is 0 Å². The molecule has 1 nitrogen and oxygen atoms in total. The Kier molecular flexibility index (Phi) is 4.33. The molecule has 0 saturated carbocycles. The van der Waals surface area contributed by atoms with E-state index in [1.165, 1.54) is 28.8 Å². The minimum Gasteiger partial charge on any atom is -0.330 e. The molecule has 2 heteroatoms. The summed E-state index contributed by atoms with van der Waals surface area (Å²) < 4.78 is 13.0. The smallest absolute Gasteiger partial charge is 0.123 e. The molecule has 2 rings (SSSR count). The monoisotopic (exact) mass is 257 g/mol. The van der Waals surface area contributed by atoms with Crippen molar-refractivity contribution < 1.29 is 4.39 Å². The molecule has 0 heterocycles. The Bertz CT molecular complexity index is 546. The number of hydrogen-bond acceptors (Lipinski definition) is 1.